The van der Waals surface area contributed by atoms with E-state index >= 15 is 0 Å². The van der Waals surface area contributed by atoms with E-state index < -0.39 is 12.0 Å². The van der Waals surface area contributed by atoms with E-state index in [2.05, 4.69) is 11.6 Å². The average Bonchev–Trinajstić information content (AvgIpc) is 3.16. The molecule has 3 aromatic rings. The fraction of sp³-hybridized carbons (Fsp3) is 0.192. The molecule has 7 nitrogen and oxygen atoms in total. The van der Waals surface area contributed by atoms with Crippen molar-refractivity contribution in [2.24, 2.45) is 4.99 Å². The number of hydrogen-bond acceptors (Lipinski definition) is 7. The first-order chi connectivity index (χ1) is 16.9. The Morgan fingerprint density at radius 1 is 1.23 bits per heavy atom. The zero-order chi connectivity index (χ0) is 25.1. The summed E-state index contributed by atoms with van der Waals surface area (Å²) < 4.78 is 18.1. The molecule has 0 amide bonds. The third-order valence-electron chi connectivity index (χ3n) is 5.46. The normalized spacial score (nSPS) is 15.3. The maximum atomic E-state index is 13.7. The van der Waals surface area contributed by atoms with Gasteiger partial charge < -0.3 is 14.2 Å². The second-order valence-corrected chi connectivity index (χ2v) is 9.07. The highest BCUT2D eigenvalue weighted by atomic mass is 35.5. The number of hydrogen-bond donors (Lipinski definition) is 0. The third-order valence-corrected chi connectivity index (χ3v) is 6.68. The molecule has 2 heterocycles. The molecule has 1 aliphatic rings. The van der Waals surface area contributed by atoms with E-state index in [0.717, 1.165) is 5.56 Å². The van der Waals surface area contributed by atoms with Crippen LogP contribution in [0.15, 0.2) is 76.2 Å². The Labute approximate surface area is 210 Å². The molecule has 1 aromatic heterocycles. The lowest BCUT2D eigenvalue weighted by Crippen LogP contribution is -2.40. The van der Waals surface area contributed by atoms with Crippen molar-refractivity contribution in [3.8, 4) is 11.5 Å². The van der Waals surface area contributed by atoms with Crippen molar-refractivity contribution >= 4 is 35.0 Å². The van der Waals surface area contributed by atoms with E-state index in [-0.39, 0.29) is 11.1 Å². The largest absolute Gasteiger partial charge is 0.496 e. The summed E-state index contributed by atoms with van der Waals surface area (Å²) in [5.41, 5.74) is 1.80. The van der Waals surface area contributed by atoms with Gasteiger partial charge in [0, 0.05) is 10.6 Å². The second-order valence-electron chi connectivity index (χ2n) is 7.63. The van der Waals surface area contributed by atoms with Gasteiger partial charge in [-0.3, -0.25) is 9.36 Å². The summed E-state index contributed by atoms with van der Waals surface area (Å²) in [6.45, 7) is 5.76. The molecule has 1 atom stereocenters. The molecule has 2 aromatic carbocycles. The molecule has 35 heavy (non-hydrogen) atoms. The van der Waals surface area contributed by atoms with Gasteiger partial charge in [-0.05, 0) is 48.9 Å². The van der Waals surface area contributed by atoms with Crippen LogP contribution in [0.1, 0.15) is 24.1 Å². The smallest absolute Gasteiger partial charge is 0.338 e. The number of thiazole rings is 1. The molecule has 0 bridgehead atoms. The zero-order valence-corrected chi connectivity index (χ0v) is 21.0. The molecular formula is C26H23ClN2O5S. The second kappa shape index (κ2) is 10.3. The fourth-order valence-corrected chi connectivity index (χ4v) is 5.10. The number of nitrogens with zero attached hydrogens (tertiary/aromatic N) is 2. The summed E-state index contributed by atoms with van der Waals surface area (Å²) in [6.07, 6.45) is 3.45. The van der Waals surface area contributed by atoms with Crippen molar-refractivity contribution in [1.29, 1.82) is 0 Å². The maximum absolute atomic E-state index is 13.7. The molecular weight excluding hydrogens is 488 g/mol. The van der Waals surface area contributed by atoms with Gasteiger partial charge in [-0.15, -0.1) is 0 Å². The summed E-state index contributed by atoms with van der Waals surface area (Å²) in [5, 5.41) is 0.445. The fourth-order valence-electron chi connectivity index (χ4n) is 3.87. The molecule has 1 aliphatic heterocycles. The van der Waals surface area contributed by atoms with Gasteiger partial charge >= 0.3 is 5.97 Å². The van der Waals surface area contributed by atoms with Gasteiger partial charge in [0.1, 0.15) is 24.1 Å². The number of allylic oxidation sites excluding steroid dienone is 1. The quantitative estimate of drug-likeness (QED) is 0.358. The number of aromatic nitrogens is 1. The van der Waals surface area contributed by atoms with Crippen LogP contribution in [0.3, 0.4) is 0 Å². The molecule has 0 spiro atoms. The van der Waals surface area contributed by atoms with Gasteiger partial charge in [0.15, 0.2) is 4.80 Å². The van der Waals surface area contributed by atoms with Crippen LogP contribution in [-0.4, -0.2) is 31.4 Å². The first kappa shape index (κ1) is 24.5. The summed E-state index contributed by atoms with van der Waals surface area (Å²) in [4.78, 5) is 31.5. The zero-order valence-electron chi connectivity index (χ0n) is 19.4. The molecule has 0 saturated heterocycles. The summed E-state index contributed by atoms with van der Waals surface area (Å²) in [5.74, 6) is 0.609. The van der Waals surface area contributed by atoms with Gasteiger partial charge in [-0.1, -0.05) is 47.7 Å². The number of carbonyl (C=O) groups is 1. The highest BCUT2D eigenvalue weighted by Crippen LogP contribution is 2.37. The van der Waals surface area contributed by atoms with Crippen molar-refractivity contribution in [3.63, 3.8) is 0 Å². The van der Waals surface area contributed by atoms with Crippen molar-refractivity contribution in [2.75, 3.05) is 20.8 Å². The number of fused-ring (bicyclic) bond motifs is 1. The highest BCUT2D eigenvalue weighted by Gasteiger charge is 2.35. The summed E-state index contributed by atoms with van der Waals surface area (Å²) in [7, 11) is 2.82. The SMILES string of the molecule is C=CCOc1ccc(/C=c2\sc3n(c2=O)[C@@H](c2cc(Cl)ccc2OC)C(C(=O)OC)=C(C)N=3)cc1. The molecule has 0 saturated carbocycles. The monoisotopic (exact) mass is 510 g/mol. The first-order valence-electron chi connectivity index (χ1n) is 10.7. The van der Waals surface area contributed by atoms with Crippen molar-refractivity contribution < 1.29 is 19.0 Å². The number of rotatable bonds is 7. The van der Waals surface area contributed by atoms with Gasteiger partial charge in [0.2, 0.25) is 0 Å². The molecule has 180 valence electrons. The minimum Gasteiger partial charge on any atom is -0.496 e. The summed E-state index contributed by atoms with van der Waals surface area (Å²) in [6, 6.07) is 11.6. The third kappa shape index (κ3) is 4.80. The van der Waals surface area contributed by atoms with Gasteiger partial charge in [-0.25, -0.2) is 9.79 Å². The van der Waals surface area contributed by atoms with Crippen LogP contribution in [-0.2, 0) is 9.53 Å². The number of halogens is 1. The lowest BCUT2D eigenvalue weighted by molar-refractivity contribution is -0.136. The molecule has 0 aliphatic carbocycles. The van der Waals surface area contributed by atoms with E-state index in [9.17, 15) is 9.59 Å². The first-order valence-corrected chi connectivity index (χ1v) is 11.9. The van der Waals surface area contributed by atoms with E-state index in [1.54, 1.807) is 37.3 Å². The van der Waals surface area contributed by atoms with Crippen LogP contribution in [0.2, 0.25) is 5.02 Å². The maximum Gasteiger partial charge on any atom is 0.338 e. The van der Waals surface area contributed by atoms with E-state index in [1.807, 2.05) is 24.3 Å². The van der Waals surface area contributed by atoms with Crippen LogP contribution in [0, 0.1) is 0 Å². The predicted octanol–water partition coefficient (Wildman–Crippen LogP) is 3.64. The van der Waals surface area contributed by atoms with Crippen LogP contribution >= 0.6 is 22.9 Å². The van der Waals surface area contributed by atoms with Gasteiger partial charge in [0.25, 0.3) is 5.56 Å². The molecule has 0 fully saturated rings. The Balaban J connectivity index is 1.91. The van der Waals surface area contributed by atoms with Crippen LogP contribution < -0.4 is 24.4 Å². The minimum absolute atomic E-state index is 0.246. The number of methoxy groups -OCH3 is 2. The molecule has 0 unspecified atom stereocenters. The standard InChI is InChI=1S/C26H23ClN2O5S/c1-5-12-34-18-9-6-16(7-10-18)13-21-24(30)29-23(19-14-17(27)8-11-20(19)32-3)22(25(31)33-4)15(2)28-26(29)35-21/h5-11,13-14,23H,1,12H2,2-4H3/b21-13-/t23-/m0/s1. The average molecular weight is 511 g/mol. The highest BCUT2D eigenvalue weighted by molar-refractivity contribution is 7.07. The number of carbonyl (C=O) groups excluding carboxylic acids is 1. The minimum atomic E-state index is -0.816. The Kier molecular flexibility index (Phi) is 7.23. The van der Waals surface area contributed by atoms with E-state index in [0.29, 0.717) is 43.7 Å². The van der Waals surface area contributed by atoms with Gasteiger partial charge in [-0.2, -0.15) is 0 Å². The van der Waals surface area contributed by atoms with Crippen LogP contribution in [0.25, 0.3) is 6.08 Å². The van der Waals surface area contributed by atoms with Gasteiger partial charge in [0.05, 0.1) is 30.0 Å². The Morgan fingerprint density at radius 2 is 1.97 bits per heavy atom. The number of benzene rings is 2. The summed E-state index contributed by atoms with van der Waals surface area (Å²) >= 11 is 7.54. The van der Waals surface area contributed by atoms with Crippen molar-refractivity contribution in [2.45, 2.75) is 13.0 Å². The predicted molar refractivity (Wildman–Crippen MR) is 136 cm³/mol. The van der Waals surface area contributed by atoms with E-state index in [4.69, 9.17) is 25.8 Å². The molecule has 0 N–H and O–H groups in total. The molecule has 4 rings (SSSR count). The topological polar surface area (TPSA) is 79.1 Å². The Morgan fingerprint density at radius 3 is 2.63 bits per heavy atom. The number of ether oxygens (including phenoxy) is 3. The van der Waals surface area contributed by atoms with Crippen LogP contribution in [0.5, 0.6) is 11.5 Å². The lowest BCUT2D eigenvalue weighted by atomic mass is 9.95. The van der Waals surface area contributed by atoms with Crippen molar-refractivity contribution in [3.05, 3.63) is 102 Å². The lowest BCUT2D eigenvalue weighted by Gasteiger charge is -2.25. The van der Waals surface area contributed by atoms with E-state index in [1.165, 1.54) is 30.1 Å². The molecule has 9 heteroatoms. The molecule has 0 radical (unpaired) electrons. The van der Waals surface area contributed by atoms with Crippen molar-refractivity contribution in [1.82, 2.24) is 4.57 Å². The number of esters is 1. The van der Waals surface area contributed by atoms with Crippen LogP contribution in [0.4, 0.5) is 0 Å². The Bertz CT molecular complexity index is 1500. The Hall–Kier alpha value is -3.62.